The van der Waals surface area contributed by atoms with Gasteiger partial charge in [0.25, 0.3) is 0 Å². The van der Waals surface area contributed by atoms with Crippen molar-refractivity contribution in [3.05, 3.63) is 11.0 Å². The molecular weight excluding hydrogens is 212 g/mol. The van der Waals surface area contributed by atoms with Gasteiger partial charge in [0.05, 0.1) is 0 Å². The first-order valence-electron chi connectivity index (χ1n) is 7.16. The van der Waals surface area contributed by atoms with Crippen LogP contribution in [0.25, 0.3) is 0 Å². The van der Waals surface area contributed by atoms with E-state index in [-0.39, 0.29) is 0 Å². The number of rotatable bonds is 3. The van der Waals surface area contributed by atoms with Gasteiger partial charge in [-0.15, -0.1) is 11.8 Å². The summed E-state index contributed by atoms with van der Waals surface area (Å²) < 4.78 is 0. The zero-order valence-electron chi connectivity index (χ0n) is 10.7. The van der Waals surface area contributed by atoms with Crippen molar-refractivity contribution in [2.75, 3.05) is 6.26 Å². The van der Waals surface area contributed by atoms with Crippen LogP contribution < -0.4 is 0 Å². The van der Waals surface area contributed by atoms with E-state index >= 15 is 0 Å². The van der Waals surface area contributed by atoms with Crippen LogP contribution in [0.4, 0.5) is 0 Å². The van der Waals surface area contributed by atoms with Crippen LogP contribution in [0, 0.1) is 11.8 Å². The first kappa shape index (κ1) is 12.5. The maximum absolute atomic E-state index is 2.65. The highest BCUT2D eigenvalue weighted by Gasteiger charge is 2.19. The van der Waals surface area contributed by atoms with Crippen LogP contribution in [0.3, 0.4) is 0 Å². The van der Waals surface area contributed by atoms with E-state index in [1.54, 1.807) is 4.91 Å². The fourth-order valence-corrected chi connectivity index (χ4v) is 4.19. The summed E-state index contributed by atoms with van der Waals surface area (Å²) in [7, 11) is 0. The smallest absolute Gasteiger partial charge is 0.0105 e. The van der Waals surface area contributed by atoms with E-state index in [0.717, 1.165) is 11.8 Å². The van der Waals surface area contributed by atoms with E-state index in [1.807, 2.05) is 11.8 Å². The molecule has 0 heterocycles. The third-order valence-corrected chi connectivity index (χ3v) is 5.23. The average Bonchev–Trinajstić information content (AvgIpc) is 2.38. The van der Waals surface area contributed by atoms with Gasteiger partial charge in [0.15, 0.2) is 0 Å². The van der Waals surface area contributed by atoms with Gasteiger partial charge >= 0.3 is 0 Å². The minimum Gasteiger partial charge on any atom is -0.134 e. The summed E-state index contributed by atoms with van der Waals surface area (Å²) >= 11 is 2.03. The monoisotopic (exact) mass is 238 g/mol. The van der Waals surface area contributed by atoms with Crippen LogP contribution in [-0.4, -0.2) is 6.26 Å². The quantitative estimate of drug-likeness (QED) is 0.635. The van der Waals surface area contributed by atoms with Gasteiger partial charge in [0.2, 0.25) is 0 Å². The molecule has 2 aliphatic rings. The lowest BCUT2D eigenvalue weighted by Crippen LogP contribution is -2.10. The third-order valence-electron chi connectivity index (χ3n) is 4.29. The Morgan fingerprint density at radius 2 is 1.44 bits per heavy atom. The van der Waals surface area contributed by atoms with E-state index in [1.165, 1.54) is 64.2 Å². The Balaban J connectivity index is 1.93. The minimum absolute atomic E-state index is 0.915. The molecule has 92 valence electrons. The molecule has 2 aliphatic carbocycles. The Bertz CT molecular complexity index is 220. The molecule has 0 bridgehead atoms. The standard InChI is InChI=1S/C15H26S/c1-16-15(14-10-6-3-7-11-14)12-13-8-4-2-5-9-13/h12-14H,2-11H2,1H3/b15-12+. The van der Waals surface area contributed by atoms with Gasteiger partial charge in [-0.1, -0.05) is 44.6 Å². The first-order valence-corrected chi connectivity index (χ1v) is 8.38. The first-order chi connectivity index (χ1) is 7.90. The molecule has 0 aromatic heterocycles. The number of allylic oxidation sites excluding steroid dienone is 2. The van der Waals surface area contributed by atoms with Crippen molar-refractivity contribution in [1.29, 1.82) is 0 Å². The molecule has 0 radical (unpaired) electrons. The summed E-state index contributed by atoms with van der Waals surface area (Å²) in [6.45, 7) is 0. The van der Waals surface area contributed by atoms with Crippen LogP contribution in [-0.2, 0) is 0 Å². The molecular formula is C15H26S. The molecule has 0 aromatic rings. The van der Waals surface area contributed by atoms with Crippen molar-refractivity contribution in [3.8, 4) is 0 Å². The highest BCUT2D eigenvalue weighted by molar-refractivity contribution is 8.02. The molecule has 0 unspecified atom stereocenters. The van der Waals surface area contributed by atoms with Crippen LogP contribution in [0.15, 0.2) is 11.0 Å². The average molecular weight is 238 g/mol. The van der Waals surface area contributed by atoms with Crippen molar-refractivity contribution >= 4 is 11.8 Å². The fraction of sp³-hybridized carbons (Fsp3) is 0.867. The zero-order valence-corrected chi connectivity index (χ0v) is 11.5. The van der Waals surface area contributed by atoms with Crippen molar-refractivity contribution in [1.82, 2.24) is 0 Å². The normalized spacial score (nSPS) is 25.9. The van der Waals surface area contributed by atoms with Gasteiger partial charge in [-0.05, 0) is 48.7 Å². The van der Waals surface area contributed by atoms with Gasteiger partial charge in [-0.25, -0.2) is 0 Å². The lowest BCUT2D eigenvalue weighted by molar-refractivity contribution is 0.397. The topological polar surface area (TPSA) is 0 Å². The van der Waals surface area contributed by atoms with Gasteiger partial charge in [-0.3, -0.25) is 0 Å². The Kier molecular flexibility index (Phi) is 5.28. The second-order valence-electron chi connectivity index (χ2n) is 5.51. The van der Waals surface area contributed by atoms with E-state index < -0.39 is 0 Å². The molecule has 0 spiro atoms. The maximum atomic E-state index is 2.65. The number of hydrogen-bond donors (Lipinski definition) is 0. The highest BCUT2D eigenvalue weighted by Crippen LogP contribution is 2.37. The molecule has 0 saturated heterocycles. The maximum Gasteiger partial charge on any atom is -0.0105 e. The Hall–Kier alpha value is 0.0900. The summed E-state index contributed by atoms with van der Waals surface area (Å²) in [5.41, 5.74) is 0. The minimum atomic E-state index is 0.915. The lowest BCUT2D eigenvalue weighted by Gasteiger charge is -2.26. The van der Waals surface area contributed by atoms with Gasteiger partial charge in [-0.2, -0.15) is 0 Å². The molecule has 0 atom stereocenters. The summed E-state index contributed by atoms with van der Waals surface area (Å²) in [6.07, 6.45) is 19.6. The van der Waals surface area contributed by atoms with Crippen LogP contribution in [0.1, 0.15) is 64.2 Å². The molecule has 0 N–H and O–H groups in total. The molecule has 0 aliphatic heterocycles. The van der Waals surface area contributed by atoms with E-state index in [4.69, 9.17) is 0 Å². The molecule has 0 nitrogen and oxygen atoms in total. The summed E-state index contributed by atoms with van der Waals surface area (Å²) in [6, 6.07) is 0. The SMILES string of the molecule is CS/C(=C/C1CCCCC1)C1CCCCC1. The highest BCUT2D eigenvalue weighted by atomic mass is 32.2. The van der Waals surface area contributed by atoms with E-state index in [9.17, 15) is 0 Å². The van der Waals surface area contributed by atoms with Crippen molar-refractivity contribution < 1.29 is 0 Å². The largest absolute Gasteiger partial charge is 0.134 e. The zero-order chi connectivity index (χ0) is 11.2. The molecule has 2 saturated carbocycles. The lowest BCUT2D eigenvalue weighted by atomic mass is 9.85. The molecule has 2 rings (SSSR count). The fourth-order valence-electron chi connectivity index (χ4n) is 3.29. The molecule has 2 fully saturated rings. The van der Waals surface area contributed by atoms with E-state index in [2.05, 4.69) is 12.3 Å². The van der Waals surface area contributed by atoms with Crippen molar-refractivity contribution in [2.45, 2.75) is 64.2 Å². The molecule has 1 heteroatoms. The van der Waals surface area contributed by atoms with Gasteiger partial charge in [0.1, 0.15) is 0 Å². The van der Waals surface area contributed by atoms with Gasteiger partial charge in [0, 0.05) is 0 Å². The predicted molar refractivity (Wildman–Crippen MR) is 74.7 cm³/mol. The molecule has 16 heavy (non-hydrogen) atoms. The summed E-state index contributed by atoms with van der Waals surface area (Å²) in [5.74, 6) is 1.84. The number of thioether (sulfide) groups is 1. The van der Waals surface area contributed by atoms with Crippen LogP contribution in [0.2, 0.25) is 0 Å². The van der Waals surface area contributed by atoms with Gasteiger partial charge < -0.3 is 0 Å². The Morgan fingerprint density at radius 1 is 0.875 bits per heavy atom. The van der Waals surface area contributed by atoms with Crippen molar-refractivity contribution in [2.24, 2.45) is 11.8 Å². The molecule has 0 aromatic carbocycles. The summed E-state index contributed by atoms with van der Waals surface area (Å²) in [4.78, 5) is 1.73. The van der Waals surface area contributed by atoms with Crippen molar-refractivity contribution in [3.63, 3.8) is 0 Å². The third kappa shape index (κ3) is 3.55. The predicted octanol–water partition coefficient (Wildman–Crippen LogP) is 5.39. The van der Waals surface area contributed by atoms with Crippen LogP contribution in [0.5, 0.6) is 0 Å². The number of hydrogen-bond acceptors (Lipinski definition) is 1. The Morgan fingerprint density at radius 3 is 2.00 bits per heavy atom. The van der Waals surface area contributed by atoms with Crippen LogP contribution >= 0.6 is 11.8 Å². The summed E-state index contributed by atoms with van der Waals surface area (Å²) in [5, 5.41) is 0. The van der Waals surface area contributed by atoms with E-state index in [0.29, 0.717) is 0 Å². The Labute approximate surface area is 105 Å². The second kappa shape index (κ2) is 6.74. The molecule has 0 amide bonds. The second-order valence-corrected chi connectivity index (χ2v) is 6.39.